The Hall–Kier alpha value is -2.78. The van der Waals surface area contributed by atoms with Crippen molar-refractivity contribution in [2.45, 2.75) is 19.1 Å². The van der Waals surface area contributed by atoms with E-state index in [1.165, 1.54) is 11.6 Å². The molecular formula is C20H23F2N5O2. The summed E-state index contributed by atoms with van der Waals surface area (Å²) in [6.45, 7) is 3.42. The monoisotopic (exact) mass is 403 g/mol. The summed E-state index contributed by atoms with van der Waals surface area (Å²) in [5.74, 6) is -1.51. The average Bonchev–Trinajstić information content (AvgIpc) is 3.34. The molecule has 154 valence electrons. The van der Waals surface area contributed by atoms with E-state index in [-0.39, 0.29) is 6.10 Å². The van der Waals surface area contributed by atoms with Crippen LogP contribution in [0.25, 0.3) is 0 Å². The zero-order valence-electron chi connectivity index (χ0n) is 16.1. The first-order valence-electron chi connectivity index (χ1n) is 9.50. The van der Waals surface area contributed by atoms with E-state index < -0.39 is 11.6 Å². The number of aromatic nitrogens is 4. The molecule has 1 unspecified atom stereocenters. The van der Waals surface area contributed by atoms with Crippen molar-refractivity contribution >= 4 is 0 Å². The van der Waals surface area contributed by atoms with Crippen LogP contribution in [-0.2, 0) is 24.8 Å². The summed E-state index contributed by atoms with van der Waals surface area (Å²) in [4.78, 5) is 2.33. The van der Waals surface area contributed by atoms with Crippen LogP contribution in [0.1, 0.15) is 23.1 Å². The predicted molar refractivity (Wildman–Crippen MR) is 101 cm³/mol. The lowest BCUT2D eigenvalue weighted by Gasteiger charge is -2.31. The molecule has 1 atom stereocenters. The van der Waals surface area contributed by atoms with E-state index in [2.05, 4.69) is 20.2 Å². The van der Waals surface area contributed by atoms with Crippen molar-refractivity contribution in [1.29, 1.82) is 0 Å². The van der Waals surface area contributed by atoms with Crippen molar-refractivity contribution in [3.05, 3.63) is 65.2 Å². The lowest BCUT2D eigenvalue weighted by molar-refractivity contribution is -0.0350. The van der Waals surface area contributed by atoms with Gasteiger partial charge in [0.1, 0.15) is 11.9 Å². The van der Waals surface area contributed by atoms with Crippen molar-refractivity contribution in [2.24, 2.45) is 7.05 Å². The Balaban J connectivity index is 1.29. The Morgan fingerprint density at radius 2 is 2.17 bits per heavy atom. The van der Waals surface area contributed by atoms with Crippen molar-refractivity contribution in [2.75, 3.05) is 26.3 Å². The largest absolute Gasteiger partial charge is 0.493 e. The molecule has 1 aromatic carbocycles. The fraction of sp³-hybridized carbons (Fsp3) is 0.400. The van der Waals surface area contributed by atoms with Crippen LogP contribution in [0.15, 0.2) is 36.7 Å². The highest BCUT2D eigenvalue weighted by Crippen LogP contribution is 2.23. The normalized spacial score (nSPS) is 17.6. The number of ether oxygens (including phenoxy) is 2. The molecule has 29 heavy (non-hydrogen) atoms. The van der Waals surface area contributed by atoms with Gasteiger partial charge in [0.25, 0.3) is 0 Å². The first-order valence-corrected chi connectivity index (χ1v) is 9.50. The minimum absolute atomic E-state index is 0.0995. The minimum atomic E-state index is -0.920. The van der Waals surface area contributed by atoms with Crippen molar-refractivity contribution in [3.8, 4) is 5.75 Å². The summed E-state index contributed by atoms with van der Waals surface area (Å²) in [7, 11) is 1.91. The summed E-state index contributed by atoms with van der Waals surface area (Å²) in [6, 6.07) is 5.47. The van der Waals surface area contributed by atoms with Crippen molar-refractivity contribution in [3.63, 3.8) is 0 Å². The van der Waals surface area contributed by atoms with E-state index in [0.29, 0.717) is 25.4 Å². The number of hydrogen-bond donors (Lipinski definition) is 1. The summed E-state index contributed by atoms with van der Waals surface area (Å²) < 4.78 is 39.3. The van der Waals surface area contributed by atoms with Gasteiger partial charge in [-0.3, -0.25) is 14.7 Å². The summed E-state index contributed by atoms with van der Waals surface area (Å²) in [5, 5.41) is 11.6. The van der Waals surface area contributed by atoms with Gasteiger partial charge >= 0.3 is 0 Å². The molecule has 4 rings (SSSR count). The van der Waals surface area contributed by atoms with Crippen molar-refractivity contribution < 1.29 is 18.3 Å². The molecule has 0 aliphatic carbocycles. The molecule has 0 spiro atoms. The molecule has 0 amide bonds. The van der Waals surface area contributed by atoms with Crippen molar-refractivity contribution in [1.82, 2.24) is 24.9 Å². The van der Waals surface area contributed by atoms with Gasteiger partial charge in [0.05, 0.1) is 25.1 Å². The lowest BCUT2D eigenvalue weighted by atomic mass is 10.1. The van der Waals surface area contributed by atoms with Crippen LogP contribution in [0.5, 0.6) is 5.75 Å². The first kappa shape index (κ1) is 19.5. The number of benzene rings is 1. The molecule has 0 radical (unpaired) electrons. The number of rotatable bonds is 7. The Bertz CT molecular complexity index is 958. The third kappa shape index (κ3) is 4.99. The molecule has 1 saturated heterocycles. The van der Waals surface area contributed by atoms with Gasteiger partial charge in [-0.05, 0) is 18.2 Å². The second kappa shape index (κ2) is 8.71. The van der Waals surface area contributed by atoms with E-state index in [9.17, 15) is 8.78 Å². The minimum Gasteiger partial charge on any atom is -0.493 e. The number of nitrogens with zero attached hydrogens (tertiary/aromatic N) is 4. The maximum Gasteiger partial charge on any atom is 0.162 e. The Labute approximate surface area is 167 Å². The predicted octanol–water partition coefficient (Wildman–Crippen LogP) is 2.62. The molecule has 1 N–H and O–H groups in total. The van der Waals surface area contributed by atoms with Crippen LogP contribution in [0.3, 0.4) is 0 Å². The van der Waals surface area contributed by atoms with Crippen LogP contribution in [0.4, 0.5) is 8.78 Å². The van der Waals surface area contributed by atoms with E-state index in [4.69, 9.17) is 9.47 Å². The van der Waals surface area contributed by atoms with Gasteiger partial charge in [0.15, 0.2) is 11.6 Å². The topological polar surface area (TPSA) is 68.2 Å². The molecule has 9 heteroatoms. The maximum absolute atomic E-state index is 13.2. The standard InChI is InChI=1S/C20H23F2N5O2/c1-26-11-14(10-23-26)12-27-5-7-29-20(13-27)19-8-15(24-25-19)4-6-28-16-2-3-17(21)18(22)9-16/h2-3,8-11,20H,4-7,12-13H2,1H3,(H,24,25). The molecule has 0 bridgehead atoms. The Kier molecular flexibility index (Phi) is 5.86. The van der Waals surface area contributed by atoms with Gasteiger partial charge in [-0.15, -0.1) is 0 Å². The van der Waals surface area contributed by atoms with E-state index in [1.54, 1.807) is 4.68 Å². The SMILES string of the molecule is Cn1cc(CN2CCOC(c3cc(CCOc4ccc(F)c(F)c4)[nH]n3)C2)cn1. The number of H-pyrrole nitrogens is 1. The molecule has 1 aliphatic rings. The fourth-order valence-electron chi connectivity index (χ4n) is 3.35. The number of nitrogens with one attached hydrogen (secondary N) is 1. The zero-order valence-corrected chi connectivity index (χ0v) is 16.1. The molecule has 3 aromatic rings. The lowest BCUT2D eigenvalue weighted by Crippen LogP contribution is -2.37. The highest BCUT2D eigenvalue weighted by Gasteiger charge is 2.24. The van der Waals surface area contributed by atoms with E-state index in [1.807, 2.05) is 25.5 Å². The molecule has 7 nitrogen and oxygen atoms in total. The quantitative estimate of drug-likeness (QED) is 0.657. The smallest absolute Gasteiger partial charge is 0.162 e. The summed E-state index contributed by atoms with van der Waals surface area (Å²) >= 11 is 0. The maximum atomic E-state index is 13.2. The molecular weight excluding hydrogens is 380 g/mol. The van der Waals surface area contributed by atoms with Gasteiger partial charge in [0.2, 0.25) is 0 Å². The zero-order chi connectivity index (χ0) is 20.2. The Morgan fingerprint density at radius 3 is 2.97 bits per heavy atom. The molecule has 0 saturated carbocycles. The van der Waals surface area contributed by atoms with Crippen LogP contribution < -0.4 is 4.74 Å². The average molecular weight is 403 g/mol. The number of aromatic amines is 1. The summed E-state index contributed by atoms with van der Waals surface area (Å²) in [6.07, 6.45) is 4.37. The first-order chi connectivity index (χ1) is 14.1. The Morgan fingerprint density at radius 1 is 1.28 bits per heavy atom. The second-order valence-corrected chi connectivity index (χ2v) is 7.11. The molecule has 3 heterocycles. The molecule has 1 fully saturated rings. The van der Waals surface area contributed by atoms with E-state index in [0.717, 1.165) is 43.2 Å². The third-order valence-electron chi connectivity index (χ3n) is 4.83. The summed E-state index contributed by atoms with van der Waals surface area (Å²) in [5.41, 5.74) is 2.92. The van der Waals surface area contributed by atoms with Crippen LogP contribution in [0, 0.1) is 11.6 Å². The van der Waals surface area contributed by atoms with Gasteiger partial charge in [0, 0.05) is 56.6 Å². The van der Waals surface area contributed by atoms with E-state index >= 15 is 0 Å². The highest BCUT2D eigenvalue weighted by molar-refractivity contribution is 5.23. The molecule has 2 aromatic heterocycles. The number of hydrogen-bond acceptors (Lipinski definition) is 5. The number of morpholine rings is 1. The molecule has 1 aliphatic heterocycles. The van der Waals surface area contributed by atoms with Gasteiger partial charge in [-0.25, -0.2) is 8.78 Å². The highest BCUT2D eigenvalue weighted by atomic mass is 19.2. The van der Waals surface area contributed by atoms with Gasteiger partial charge in [-0.2, -0.15) is 10.2 Å². The van der Waals surface area contributed by atoms with Gasteiger partial charge in [-0.1, -0.05) is 0 Å². The second-order valence-electron chi connectivity index (χ2n) is 7.11. The van der Waals surface area contributed by atoms with Crippen LogP contribution in [-0.4, -0.2) is 51.2 Å². The van der Waals surface area contributed by atoms with Crippen LogP contribution in [0.2, 0.25) is 0 Å². The van der Waals surface area contributed by atoms with Crippen LogP contribution >= 0.6 is 0 Å². The fourth-order valence-corrected chi connectivity index (χ4v) is 3.35. The third-order valence-corrected chi connectivity index (χ3v) is 4.83. The number of halogens is 2. The van der Waals surface area contributed by atoms with Gasteiger partial charge < -0.3 is 9.47 Å². The number of aryl methyl sites for hydroxylation is 1.